The maximum atomic E-state index is 12.9. The zero-order valence-corrected chi connectivity index (χ0v) is 19.1. The first kappa shape index (κ1) is 23.2. The molecule has 1 N–H and O–H groups in total. The van der Waals surface area contributed by atoms with Gasteiger partial charge in [-0.2, -0.15) is 0 Å². The van der Waals surface area contributed by atoms with Gasteiger partial charge in [0.15, 0.2) is 0 Å². The average Bonchev–Trinajstić information content (AvgIpc) is 2.86. The fourth-order valence-corrected chi connectivity index (χ4v) is 4.12. The van der Waals surface area contributed by atoms with E-state index in [1.807, 2.05) is 25.1 Å². The number of hydrogen-bond donors (Lipinski definition) is 1. The summed E-state index contributed by atoms with van der Waals surface area (Å²) in [7, 11) is 1.60. The molecule has 0 bridgehead atoms. The van der Waals surface area contributed by atoms with Gasteiger partial charge in [-0.3, -0.25) is 4.90 Å². The third-order valence-electron chi connectivity index (χ3n) is 5.88. The van der Waals surface area contributed by atoms with Crippen molar-refractivity contribution in [3.8, 4) is 17.2 Å². The van der Waals surface area contributed by atoms with Gasteiger partial charge in [-0.25, -0.2) is 14.8 Å². The van der Waals surface area contributed by atoms with Crippen molar-refractivity contribution in [2.24, 2.45) is 0 Å². The molecule has 33 heavy (non-hydrogen) atoms. The van der Waals surface area contributed by atoms with Crippen molar-refractivity contribution < 1.29 is 19.0 Å². The number of aliphatic hydroxyl groups is 1. The lowest BCUT2D eigenvalue weighted by atomic mass is 10.1. The second-order valence-corrected chi connectivity index (χ2v) is 7.88. The standard InChI is InChI=1S/C24H30N4O5/c1-3-17-15-18(31-2)16-20-21(17)24(30)33-23(26-20)19-5-4-6-25-22(19)28-9-7-27(8-10-28)11-13-32-14-12-29/h4-6,15-16,29H,3,7-14H2,1-2H3. The van der Waals surface area contributed by atoms with E-state index in [1.54, 1.807) is 19.4 Å². The van der Waals surface area contributed by atoms with Gasteiger partial charge >= 0.3 is 5.63 Å². The maximum absolute atomic E-state index is 12.9. The van der Waals surface area contributed by atoms with E-state index in [0.29, 0.717) is 41.9 Å². The summed E-state index contributed by atoms with van der Waals surface area (Å²) < 4.78 is 16.5. The number of pyridine rings is 1. The normalized spacial score (nSPS) is 14.7. The second-order valence-electron chi connectivity index (χ2n) is 7.88. The van der Waals surface area contributed by atoms with Crippen LogP contribution in [-0.4, -0.2) is 79.6 Å². The van der Waals surface area contributed by atoms with E-state index in [9.17, 15) is 4.79 Å². The number of ether oxygens (including phenoxy) is 2. The Morgan fingerprint density at radius 3 is 2.73 bits per heavy atom. The molecule has 0 saturated carbocycles. The number of rotatable bonds is 9. The molecule has 9 nitrogen and oxygen atoms in total. The number of aromatic nitrogens is 2. The van der Waals surface area contributed by atoms with Crippen molar-refractivity contribution in [1.82, 2.24) is 14.9 Å². The van der Waals surface area contributed by atoms with Crippen LogP contribution in [0.15, 0.2) is 39.7 Å². The molecular formula is C24H30N4O5. The highest BCUT2D eigenvalue weighted by Crippen LogP contribution is 2.30. The number of fused-ring (bicyclic) bond motifs is 1. The van der Waals surface area contributed by atoms with Gasteiger partial charge in [-0.05, 0) is 30.2 Å². The summed E-state index contributed by atoms with van der Waals surface area (Å²) in [4.78, 5) is 26.7. The van der Waals surface area contributed by atoms with E-state index >= 15 is 0 Å². The number of nitrogens with zero attached hydrogens (tertiary/aromatic N) is 4. The van der Waals surface area contributed by atoms with Gasteiger partial charge in [0.1, 0.15) is 11.6 Å². The zero-order chi connectivity index (χ0) is 23.2. The van der Waals surface area contributed by atoms with Crippen molar-refractivity contribution in [2.75, 3.05) is 64.6 Å². The summed E-state index contributed by atoms with van der Waals surface area (Å²) in [5.74, 6) is 1.67. The molecule has 4 rings (SSSR count). The summed E-state index contributed by atoms with van der Waals surface area (Å²) in [6.07, 6.45) is 2.41. The van der Waals surface area contributed by atoms with E-state index in [1.165, 1.54) is 0 Å². The highest BCUT2D eigenvalue weighted by atomic mass is 16.5. The number of aryl methyl sites for hydroxylation is 1. The van der Waals surface area contributed by atoms with Gasteiger partial charge < -0.3 is 23.9 Å². The quantitative estimate of drug-likeness (QED) is 0.486. The molecule has 2 aromatic heterocycles. The molecule has 9 heteroatoms. The summed E-state index contributed by atoms with van der Waals surface area (Å²) in [6, 6.07) is 7.32. The summed E-state index contributed by atoms with van der Waals surface area (Å²) in [6.45, 7) is 7.13. The van der Waals surface area contributed by atoms with Crippen LogP contribution >= 0.6 is 0 Å². The number of piperazine rings is 1. The Morgan fingerprint density at radius 1 is 1.18 bits per heavy atom. The second kappa shape index (κ2) is 10.7. The van der Waals surface area contributed by atoms with Crippen LogP contribution in [0.1, 0.15) is 12.5 Å². The minimum Gasteiger partial charge on any atom is -0.497 e. The lowest BCUT2D eigenvalue weighted by molar-refractivity contribution is 0.0724. The first-order valence-electron chi connectivity index (χ1n) is 11.3. The zero-order valence-electron chi connectivity index (χ0n) is 19.1. The van der Waals surface area contributed by atoms with Crippen LogP contribution in [0.4, 0.5) is 5.82 Å². The van der Waals surface area contributed by atoms with E-state index in [2.05, 4.69) is 14.8 Å². The fourth-order valence-electron chi connectivity index (χ4n) is 4.12. The fraction of sp³-hybridized carbons (Fsp3) is 0.458. The first-order valence-corrected chi connectivity index (χ1v) is 11.3. The maximum Gasteiger partial charge on any atom is 0.347 e. The topological polar surface area (TPSA) is 101 Å². The summed E-state index contributed by atoms with van der Waals surface area (Å²) in [5, 5.41) is 9.31. The van der Waals surface area contributed by atoms with Gasteiger partial charge in [0, 0.05) is 45.0 Å². The Balaban J connectivity index is 1.60. The highest BCUT2D eigenvalue weighted by Gasteiger charge is 2.23. The van der Waals surface area contributed by atoms with Crippen molar-refractivity contribution in [3.05, 3.63) is 46.4 Å². The van der Waals surface area contributed by atoms with Crippen LogP contribution in [0.25, 0.3) is 22.4 Å². The van der Waals surface area contributed by atoms with Crippen molar-refractivity contribution in [1.29, 1.82) is 0 Å². The molecule has 0 atom stereocenters. The minimum atomic E-state index is -0.406. The van der Waals surface area contributed by atoms with E-state index in [4.69, 9.17) is 24.0 Å². The van der Waals surface area contributed by atoms with Crippen LogP contribution in [0, 0.1) is 0 Å². The third-order valence-corrected chi connectivity index (χ3v) is 5.88. The minimum absolute atomic E-state index is 0.0434. The van der Waals surface area contributed by atoms with Crippen LogP contribution < -0.4 is 15.3 Å². The number of aliphatic hydroxyl groups excluding tert-OH is 1. The van der Waals surface area contributed by atoms with Crippen LogP contribution in [-0.2, 0) is 11.2 Å². The van der Waals surface area contributed by atoms with Crippen LogP contribution in [0.3, 0.4) is 0 Å². The molecule has 176 valence electrons. The smallest absolute Gasteiger partial charge is 0.347 e. The Labute approximate surface area is 192 Å². The number of anilines is 1. The number of methoxy groups -OCH3 is 1. The molecule has 0 unspecified atom stereocenters. The van der Waals surface area contributed by atoms with Gasteiger partial charge in [0.25, 0.3) is 0 Å². The first-order chi connectivity index (χ1) is 16.1. The number of benzene rings is 1. The Bertz CT molecular complexity index is 1140. The Kier molecular flexibility index (Phi) is 7.54. The molecule has 1 aliphatic rings. The van der Waals surface area contributed by atoms with Gasteiger partial charge in [-0.15, -0.1) is 0 Å². The van der Waals surface area contributed by atoms with E-state index < -0.39 is 5.63 Å². The molecule has 1 aliphatic heterocycles. The Hall–Kier alpha value is -3.01. The molecule has 0 spiro atoms. The van der Waals surface area contributed by atoms with Gasteiger partial charge in [0.2, 0.25) is 5.89 Å². The van der Waals surface area contributed by atoms with Crippen molar-refractivity contribution in [2.45, 2.75) is 13.3 Å². The third kappa shape index (κ3) is 5.16. The van der Waals surface area contributed by atoms with Crippen LogP contribution in [0.5, 0.6) is 5.75 Å². The molecule has 3 heterocycles. The highest BCUT2D eigenvalue weighted by molar-refractivity contribution is 5.84. The Morgan fingerprint density at radius 2 is 2.00 bits per heavy atom. The molecule has 1 aromatic carbocycles. The van der Waals surface area contributed by atoms with E-state index in [-0.39, 0.29) is 12.5 Å². The molecule has 3 aromatic rings. The van der Waals surface area contributed by atoms with Gasteiger partial charge in [-0.1, -0.05) is 6.92 Å². The molecule has 1 fully saturated rings. The molecular weight excluding hydrogens is 424 g/mol. The SMILES string of the molecule is CCc1cc(OC)cc2nc(-c3cccnc3N3CCN(CCOCCO)CC3)oc(=O)c12. The van der Waals surface area contributed by atoms with Crippen molar-refractivity contribution >= 4 is 16.7 Å². The molecule has 0 amide bonds. The molecule has 1 saturated heterocycles. The largest absolute Gasteiger partial charge is 0.497 e. The predicted octanol–water partition coefficient (Wildman–Crippen LogP) is 1.95. The molecule has 0 aliphatic carbocycles. The summed E-state index contributed by atoms with van der Waals surface area (Å²) >= 11 is 0. The van der Waals surface area contributed by atoms with E-state index in [0.717, 1.165) is 44.1 Å². The monoisotopic (exact) mass is 454 g/mol. The lowest BCUT2D eigenvalue weighted by Gasteiger charge is -2.35. The van der Waals surface area contributed by atoms with Crippen LogP contribution in [0.2, 0.25) is 0 Å². The molecule has 0 radical (unpaired) electrons. The lowest BCUT2D eigenvalue weighted by Crippen LogP contribution is -2.47. The summed E-state index contributed by atoms with van der Waals surface area (Å²) in [5.41, 5.74) is 1.69. The number of hydrogen-bond acceptors (Lipinski definition) is 9. The predicted molar refractivity (Wildman–Crippen MR) is 126 cm³/mol. The van der Waals surface area contributed by atoms with Crippen molar-refractivity contribution in [3.63, 3.8) is 0 Å². The van der Waals surface area contributed by atoms with Gasteiger partial charge in [0.05, 0.1) is 43.4 Å². The average molecular weight is 455 g/mol.